The number of nitrogens with zero attached hydrogens (tertiary/aromatic N) is 1. The molecule has 7 heteroatoms. The molecule has 1 aliphatic heterocycles. The number of thiophene rings is 1. The maximum atomic E-state index is 13.3. The maximum absolute atomic E-state index is 13.3. The van der Waals surface area contributed by atoms with Crippen LogP contribution in [0, 0.1) is 0 Å². The van der Waals surface area contributed by atoms with E-state index in [0.29, 0.717) is 21.9 Å². The van der Waals surface area contributed by atoms with E-state index in [1.54, 1.807) is 14.0 Å². The van der Waals surface area contributed by atoms with Gasteiger partial charge in [-0.3, -0.25) is 9.69 Å². The Bertz CT molecular complexity index is 1140. The number of esters is 1. The van der Waals surface area contributed by atoms with Crippen LogP contribution in [0.3, 0.4) is 0 Å². The van der Waals surface area contributed by atoms with E-state index in [9.17, 15) is 9.59 Å². The van der Waals surface area contributed by atoms with Crippen LogP contribution in [-0.2, 0) is 17.7 Å². The Balaban J connectivity index is 1.72. The van der Waals surface area contributed by atoms with Crippen molar-refractivity contribution in [3.8, 4) is 5.75 Å². The molecular weight excluding hydrogens is 412 g/mol. The minimum Gasteiger partial charge on any atom is -0.496 e. The average Bonchev–Trinajstić information content (AvgIpc) is 3.14. The molecule has 2 aromatic carbocycles. The smallest absolute Gasteiger partial charge is 0.341 e. The quantitative estimate of drug-likeness (QED) is 0.564. The van der Waals surface area contributed by atoms with Gasteiger partial charge in [0.1, 0.15) is 10.8 Å². The summed E-state index contributed by atoms with van der Waals surface area (Å²) in [5.74, 6) is -0.197. The minimum absolute atomic E-state index is 0.288. The summed E-state index contributed by atoms with van der Waals surface area (Å²) >= 11 is 1.46. The van der Waals surface area contributed by atoms with Crippen molar-refractivity contribution in [2.45, 2.75) is 26.8 Å². The summed E-state index contributed by atoms with van der Waals surface area (Å²) in [6.07, 6.45) is 0.767. The summed E-state index contributed by atoms with van der Waals surface area (Å²) in [5, 5.41) is 5.46. The Morgan fingerprint density at radius 1 is 1.16 bits per heavy atom. The number of nitrogens with one attached hydrogen (secondary N) is 1. The van der Waals surface area contributed by atoms with Crippen LogP contribution in [0.1, 0.15) is 45.0 Å². The van der Waals surface area contributed by atoms with E-state index >= 15 is 0 Å². The van der Waals surface area contributed by atoms with Crippen molar-refractivity contribution in [2.24, 2.45) is 0 Å². The van der Waals surface area contributed by atoms with Crippen molar-refractivity contribution < 1.29 is 19.1 Å². The summed E-state index contributed by atoms with van der Waals surface area (Å²) in [6.45, 7) is 6.81. The van der Waals surface area contributed by atoms with Crippen molar-refractivity contribution in [3.63, 3.8) is 0 Å². The Hall–Kier alpha value is -2.90. The number of carbonyl (C=O) groups is 2. The standard InChI is InChI=1S/C24H26N2O4S/c1-4-26-11-10-17-20(14-26)31-23(21(17)24(28)30-5-2)25-22(27)18-12-15-8-6-7-9-16(15)13-19(18)29-3/h6-9,12-13H,4-5,10-11,14H2,1-3H3,(H,25,27). The predicted octanol–water partition coefficient (Wildman–Crippen LogP) is 4.72. The van der Waals surface area contributed by atoms with Gasteiger partial charge in [0.25, 0.3) is 5.91 Å². The predicted molar refractivity (Wildman–Crippen MR) is 123 cm³/mol. The second-order valence-electron chi connectivity index (χ2n) is 7.40. The molecule has 162 valence electrons. The summed E-state index contributed by atoms with van der Waals surface area (Å²) < 4.78 is 10.8. The van der Waals surface area contributed by atoms with Gasteiger partial charge in [0.15, 0.2) is 0 Å². The van der Waals surface area contributed by atoms with Crippen molar-refractivity contribution in [3.05, 3.63) is 58.0 Å². The number of hydrogen-bond acceptors (Lipinski definition) is 6. The third-order valence-electron chi connectivity index (χ3n) is 5.60. The molecule has 3 aromatic rings. The van der Waals surface area contributed by atoms with Gasteiger partial charge in [0.2, 0.25) is 0 Å². The van der Waals surface area contributed by atoms with Crippen LogP contribution in [-0.4, -0.2) is 43.6 Å². The number of anilines is 1. The minimum atomic E-state index is -0.384. The lowest BCUT2D eigenvalue weighted by molar-refractivity contribution is 0.0526. The Kier molecular flexibility index (Phi) is 6.25. The normalized spacial score (nSPS) is 13.6. The molecule has 0 bridgehead atoms. The molecule has 1 aliphatic rings. The van der Waals surface area contributed by atoms with Gasteiger partial charge in [-0.05, 0) is 48.4 Å². The number of amides is 1. The first-order valence-electron chi connectivity index (χ1n) is 10.5. The molecule has 1 amide bonds. The first-order chi connectivity index (χ1) is 15.0. The highest BCUT2D eigenvalue weighted by Gasteiger charge is 2.29. The Morgan fingerprint density at radius 2 is 1.90 bits per heavy atom. The Labute approximate surface area is 185 Å². The van der Waals surface area contributed by atoms with E-state index in [1.165, 1.54) is 11.3 Å². The van der Waals surface area contributed by atoms with Gasteiger partial charge >= 0.3 is 5.97 Å². The zero-order valence-electron chi connectivity index (χ0n) is 18.0. The van der Waals surface area contributed by atoms with Gasteiger partial charge < -0.3 is 14.8 Å². The molecule has 0 unspecified atom stereocenters. The molecule has 0 atom stereocenters. The third kappa shape index (κ3) is 4.16. The van der Waals surface area contributed by atoms with E-state index in [4.69, 9.17) is 9.47 Å². The van der Waals surface area contributed by atoms with Crippen molar-refractivity contribution in [1.29, 1.82) is 0 Å². The summed E-state index contributed by atoms with van der Waals surface area (Å²) in [4.78, 5) is 29.5. The zero-order chi connectivity index (χ0) is 22.0. The van der Waals surface area contributed by atoms with Gasteiger partial charge in [0, 0.05) is 18.0 Å². The third-order valence-corrected chi connectivity index (χ3v) is 6.73. The molecule has 0 aliphatic carbocycles. The molecule has 4 rings (SSSR count). The average molecular weight is 439 g/mol. The molecule has 31 heavy (non-hydrogen) atoms. The number of benzene rings is 2. The number of fused-ring (bicyclic) bond motifs is 2. The van der Waals surface area contributed by atoms with Crippen molar-refractivity contribution >= 4 is 39.0 Å². The van der Waals surface area contributed by atoms with Crippen molar-refractivity contribution in [1.82, 2.24) is 4.90 Å². The van der Waals surface area contributed by atoms with E-state index in [0.717, 1.165) is 47.3 Å². The second-order valence-corrected chi connectivity index (χ2v) is 8.51. The van der Waals surface area contributed by atoms with Gasteiger partial charge in [-0.25, -0.2) is 4.79 Å². The monoisotopic (exact) mass is 438 g/mol. The van der Waals surface area contributed by atoms with E-state index in [-0.39, 0.29) is 18.5 Å². The van der Waals surface area contributed by atoms with Crippen LogP contribution >= 0.6 is 11.3 Å². The number of carbonyl (C=O) groups excluding carboxylic acids is 2. The Morgan fingerprint density at radius 3 is 2.58 bits per heavy atom. The highest BCUT2D eigenvalue weighted by molar-refractivity contribution is 7.17. The number of rotatable bonds is 6. The van der Waals surface area contributed by atoms with Gasteiger partial charge in [-0.2, -0.15) is 0 Å². The van der Waals surface area contributed by atoms with E-state index < -0.39 is 0 Å². The van der Waals surface area contributed by atoms with Crippen LogP contribution in [0.15, 0.2) is 36.4 Å². The highest BCUT2D eigenvalue weighted by Crippen LogP contribution is 2.38. The largest absolute Gasteiger partial charge is 0.496 e. The highest BCUT2D eigenvalue weighted by atomic mass is 32.1. The van der Waals surface area contributed by atoms with E-state index in [1.807, 2.05) is 36.4 Å². The maximum Gasteiger partial charge on any atom is 0.341 e. The molecule has 1 aromatic heterocycles. The van der Waals surface area contributed by atoms with Gasteiger partial charge in [-0.15, -0.1) is 11.3 Å². The zero-order valence-corrected chi connectivity index (χ0v) is 18.8. The fraction of sp³-hybridized carbons (Fsp3) is 0.333. The first-order valence-corrected chi connectivity index (χ1v) is 11.3. The molecule has 2 heterocycles. The van der Waals surface area contributed by atoms with Gasteiger partial charge in [-0.1, -0.05) is 31.2 Å². The van der Waals surface area contributed by atoms with Crippen LogP contribution in [0.5, 0.6) is 5.75 Å². The number of ether oxygens (including phenoxy) is 2. The lowest BCUT2D eigenvalue weighted by Crippen LogP contribution is -2.30. The summed E-state index contributed by atoms with van der Waals surface area (Å²) in [6, 6.07) is 11.5. The molecule has 0 saturated carbocycles. The summed E-state index contributed by atoms with van der Waals surface area (Å²) in [5.41, 5.74) is 1.91. The molecule has 1 N–H and O–H groups in total. The van der Waals surface area contributed by atoms with Gasteiger partial charge in [0.05, 0.1) is 24.8 Å². The van der Waals surface area contributed by atoms with Crippen molar-refractivity contribution in [2.75, 3.05) is 32.1 Å². The number of likely N-dealkylation sites (N-methyl/N-ethyl adjacent to an activating group) is 1. The van der Waals surface area contributed by atoms with Crippen LogP contribution in [0.25, 0.3) is 10.8 Å². The fourth-order valence-electron chi connectivity index (χ4n) is 3.97. The lowest BCUT2D eigenvalue weighted by Gasteiger charge is -2.25. The van der Waals surface area contributed by atoms with Crippen LogP contribution < -0.4 is 10.1 Å². The second kappa shape index (κ2) is 9.08. The summed E-state index contributed by atoms with van der Waals surface area (Å²) in [7, 11) is 1.55. The molecule has 6 nitrogen and oxygen atoms in total. The fourth-order valence-corrected chi connectivity index (χ4v) is 5.24. The topological polar surface area (TPSA) is 67.9 Å². The molecule has 0 spiro atoms. The first kappa shape index (κ1) is 21.3. The molecular formula is C24H26N2O4S. The molecule has 0 radical (unpaired) electrons. The van der Waals surface area contributed by atoms with Crippen LogP contribution in [0.4, 0.5) is 5.00 Å². The lowest BCUT2D eigenvalue weighted by atomic mass is 10.0. The molecule has 0 saturated heterocycles. The number of methoxy groups -OCH3 is 1. The van der Waals surface area contributed by atoms with Crippen LogP contribution in [0.2, 0.25) is 0 Å². The van der Waals surface area contributed by atoms with E-state index in [2.05, 4.69) is 17.1 Å². The molecule has 0 fully saturated rings. The SMILES string of the molecule is CCOC(=O)c1c(NC(=O)c2cc3ccccc3cc2OC)sc2c1CCN(CC)C2. The number of hydrogen-bond donors (Lipinski definition) is 1.